The molecule has 0 spiro atoms. The van der Waals surface area contributed by atoms with Crippen molar-refractivity contribution in [1.82, 2.24) is 10.2 Å². The molecule has 6 nitrogen and oxygen atoms in total. The molecule has 1 saturated heterocycles. The molecule has 0 saturated carbocycles. The SMILES string of the molecule is Cc1ccc(N2C[C@@H](c3nnc(NC(=O)CCCc4ccccc4)s3)CC2=O)cc1. The lowest BCUT2D eigenvalue weighted by Crippen LogP contribution is -2.24. The second kappa shape index (κ2) is 9.17. The first-order chi connectivity index (χ1) is 14.6. The van der Waals surface area contributed by atoms with Crippen LogP contribution < -0.4 is 10.2 Å². The summed E-state index contributed by atoms with van der Waals surface area (Å²) in [5.74, 6) is 0.0306. The standard InChI is InChI=1S/C23H24N4O2S/c1-16-10-12-19(13-11-16)27-15-18(14-21(27)29)22-25-26-23(30-22)24-20(28)9-5-8-17-6-3-2-4-7-17/h2-4,6-7,10-13,18H,5,8-9,14-15H2,1H3,(H,24,26,28)/t18-/m0/s1. The van der Waals surface area contributed by atoms with Crippen LogP contribution in [0.2, 0.25) is 0 Å². The molecule has 0 radical (unpaired) electrons. The Hall–Kier alpha value is -3.06. The molecular formula is C23H24N4O2S. The van der Waals surface area contributed by atoms with E-state index >= 15 is 0 Å². The zero-order chi connectivity index (χ0) is 20.9. The van der Waals surface area contributed by atoms with Gasteiger partial charge in [0.25, 0.3) is 0 Å². The van der Waals surface area contributed by atoms with Crippen molar-refractivity contribution in [3.05, 3.63) is 70.7 Å². The summed E-state index contributed by atoms with van der Waals surface area (Å²) in [4.78, 5) is 26.5. The molecule has 30 heavy (non-hydrogen) atoms. The smallest absolute Gasteiger partial charge is 0.227 e. The number of rotatable bonds is 7. The predicted molar refractivity (Wildman–Crippen MR) is 119 cm³/mol. The van der Waals surface area contributed by atoms with Crippen molar-refractivity contribution in [2.24, 2.45) is 0 Å². The van der Waals surface area contributed by atoms with E-state index in [9.17, 15) is 9.59 Å². The lowest BCUT2D eigenvalue weighted by atomic mass is 10.1. The fourth-order valence-corrected chi connectivity index (χ4v) is 4.43. The van der Waals surface area contributed by atoms with Crippen LogP contribution in [0.4, 0.5) is 10.8 Å². The third-order valence-electron chi connectivity index (χ3n) is 5.22. The van der Waals surface area contributed by atoms with Crippen LogP contribution in [0.15, 0.2) is 54.6 Å². The molecule has 7 heteroatoms. The van der Waals surface area contributed by atoms with Crippen LogP contribution in [0.25, 0.3) is 0 Å². The zero-order valence-electron chi connectivity index (χ0n) is 16.9. The number of nitrogens with zero attached hydrogens (tertiary/aromatic N) is 3. The maximum Gasteiger partial charge on any atom is 0.227 e. The van der Waals surface area contributed by atoms with Gasteiger partial charge in [0, 0.05) is 31.0 Å². The average molecular weight is 421 g/mol. The van der Waals surface area contributed by atoms with Crippen LogP contribution in [0.3, 0.4) is 0 Å². The van der Waals surface area contributed by atoms with Crippen LogP contribution in [0.1, 0.15) is 41.3 Å². The van der Waals surface area contributed by atoms with Crippen LogP contribution in [-0.2, 0) is 16.0 Å². The first kappa shape index (κ1) is 20.2. The van der Waals surface area contributed by atoms with E-state index in [1.807, 2.05) is 49.4 Å². The van der Waals surface area contributed by atoms with Crippen LogP contribution >= 0.6 is 11.3 Å². The maximum atomic E-state index is 12.5. The Bertz CT molecular complexity index is 1020. The van der Waals surface area contributed by atoms with Crippen LogP contribution in [0.5, 0.6) is 0 Å². The number of hydrogen-bond donors (Lipinski definition) is 1. The highest BCUT2D eigenvalue weighted by molar-refractivity contribution is 7.15. The van der Waals surface area contributed by atoms with Gasteiger partial charge in [0.15, 0.2) is 0 Å². The van der Waals surface area contributed by atoms with Crippen molar-refractivity contribution in [2.75, 3.05) is 16.8 Å². The fourth-order valence-electron chi connectivity index (χ4n) is 3.58. The average Bonchev–Trinajstić information content (AvgIpc) is 3.36. The largest absolute Gasteiger partial charge is 0.312 e. The molecule has 1 aliphatic rings. The Kier molecular flexibility index (Phi) is 6.18. The van der Waals surface area contributed by atoms with Crippen molar-refractivity contribution in [1.29, 1.82) is 0 Å². The maximum absolute atomic E-state index is 12.5. The molecule has 0 bridgehead atoms. The Morgan fingerprint density at radius 1 is 1.13 bits per heavy atom. The number of anilines is 2. The van der Waals surface area contributed by atoms with Gasteiger partial charge in [0.2, 0.25) is 16.9 Å². The topological polar surface area (TPSA) is 75.2 Å². The second-order valence-electron chi connectivity index (χ2n) is 7.57. The van der Waals surface area contributed by atoms with E-state index < -0.39 is 0 Å². The van der Waals surface area contributed by atoms with Crippen molar-refractivity contribution < 1.29 is 9.59 Å². The van der Waals surface area contributed by atoms with Crippen LogP contribution in [0, 0.1) is 6.92 Å². The van der Waals surface area contributed by atoms with Crippen molar-refractivity contribution in [3.8, 4) is 0 Å². The molecule has 2 aromatic carbocycles. The molecule has 4 rings (SSSR count). The monoisotopic (exact) mass is 420 g/mol. The number of benzene rings is 2. The molecule has 1 N–H and O–H groups in total. The summed E-state index contributed by atoms with van der Waals surface area (Å²) in [6.45, 7) is 2.61. The molecule has 1 aliphatic heterocycles. The van der Waals surface area contributed by atoms with Gasteiger partial charge in [0.1, 0.15) is 5.01 Å². The number of carbonyl (C=O) groups is 2. The first-order valence-corrected chi connectivity index (χ1v) is 10.9. The number of amides is 2. The third-order valence-corrected chi connectivity index (χ3v) is 6.22. The summed E-state index contributed by atoms with van der Waals surface area (Å²) >= 11 is 1.36. The fraction of sp³-hybridized carbons (Fsp3) is 0.304. The third kappa shape index (κ3) is 4.91. The highest BCUT2D eigenvalue weighted by atomic mass is 32.1. The summed E-state index contributed by atoms with van der Waals surface area (Å²) in [7, 11) is 0. The lowest BCUT2D eigenvalue weighted by Gasteiger charge is -2.16. The molecule has 3 aromatic rings. The summed E-state index contributed by atoms with van der Waals surface area (Å²) in [6.07, 6.45) is 2.50. The van der Waals surface area contributed by atoms with E-state index in [1.54, 1.807) is 4.90 Å². The van der Waals surface area contributed by atoms with E-state index in [-0.39, 0.29) is 17.7 Å². The minimum Gasteiger partial charge on any atom is -0.312 e. The first-order valence-electron chi connectivity index (χ1n) is 10.1. The number of aryl methyl sites for hydroxylation is 2. The van der Waals surface area contributed by atoms with E-state index in [2.05, 4.69) is 27.6 Å². The van der Waals surface area contributed by atoms with Gasteiger partial charge in [-0.05, 0) is 37.5 Å². The minimum atomic E-state index is -0.0580. The molecule has 154 valence electrons. The van der Waals surface area contributed by atoms with E-state index in [4.69, 9.17) is 0 Å². The highest BCUT2D eigenvalue weighted by Crippen LogP contribution is 2.34. The van der Waals surface area contributed by atoms with Crippen LogP contribution in [-0.4, -0.2) is 28.6 Å². The molecule has 1 aromatic heterocycles. The number of carbonyl (C=O) groups excluding carboxylic acids is 2. The van der Waals surface area contributed by atoms with Gasteiger partial charge >= 0.3 is 0 Å². The number of aromatic nitrogens is 2. The Morgan fingerprint density at radius 3 is 2.67 bits per heavy atom. The van der Waals surface area contributed by atoms with Gasteiger partial charge < -0.3 is 10.2 Å². The Labute approximate surface area is 180 Å². The van der Waals surface area contributed by atoms with Gasteiger partial charge in [-0.2, -0.15) is 0 Å². The van der Waals surface area contributed by atoms with Gasteiger partial charge in [-0.15, -0.1) is 10.2 Å². The summed E-state index contributed by atoms with van der Waals surface area (Å²) < 4.78 is 0. The summed E-state index contributed by atoms with van der Waals surface area (Å²) in [6, 6.07) is 18.1. The molecule has 2 amide bonds. The van der Waals surface area contributed by atoms with Gasteiger partial charge in [-0.3, -0.25) is 9.59 Å². The molecule has 1 fully saturated rings. The quantitative estimate of drug-likeness (QED) is 0.617. The van der Waals surface area contributed by atoms with Gasteiger partial charge in [-0.25, -0.2) is 0 Å². The molecule has 1 atom stereocenters. The number of hydrogen-bond acceptors (Lipinski definition) is 5. The van der Waals surface area contributed by atoms with E-state index in [0.29, 0.717) is 24.5 Å². The van der Waals surface area contributed by atoms with Crippen molar-refractivity contribution in [3.63, 3.8) is 0 Å². The molecular weight excluding hydrogens is 396 g/mol. The van der Waals surface area contributed by atoms with Gasteiger partial charge in [-0.1, -0.05) is 59.4 Å². The van der Waals surface area contributed by atoms with Gasteiger partial charge in [0.05, 0.1) is 0 Å². The lowest BCUT2D eigenvalue weighted by molar-refractivity contribution is -0.117. The number of nitrogens with one attached hydrogen (secondary N) is 1. The summed E-state index contributed by atoms with van der Waals surface area (Å²) in [5.41, 5.74) is 3.30. The second-order valence-corrected chi connectivity index (χ2v) is 8.58. The minimum absolute atomic E-state index is 0.0000331. The van der Waals surface area contributed by atoms with E-state index in [1.165, 1.54) is 16.9 Å². The molecule has 0 unspecified atom stereocenters. The van der Waals surface area contributed by atoms with Crippen molar-refractivity contribution >= 4 is 34.0 Å². The summed E-state index contributed by atoms with van der Waals surface area (Å²) in [5, 5.41) is 12.5. The Morgan fingerprint density at radius 2 is 1.90 bits per heavy atom. The highest BCUT2D eigenvalue weighted by Gasteiger charge is 2.33. The normalized spacial score (nSPS) is 16.1. The Balaban J connectivity index is 1.30. The van der Waals surface area contributed by atoms with Crippen molar-refractivity contribution in [2.45, 2.75) is 38.5 Å². The predicted octanol–water partition coefficient (Wildman–Crippen LogP) is 4.33. The van der Waals surface area contributed by atoms with E-state index in [0.717, 1.165) is 29.1 Å². The molecule has 0 aliphatic carbocycles. The zero-order valence-corrected chi connectivity index (χ0v) is 17.7. The molecule has 2 heterocycles.